The number of rotatable bonds is 4. The predicted octanol–water partition coefficient (Wildman–Crippen LogP) is 5.57. The summed E-state index contributed by atoms with van der Waals surface area (Å²) in [6.45, 7) is 2.66. The zero-order chi connectivity index (χ0) is 18.9. The fourth-order valence-corrected chi connectivity index (χ4v) is 6.32. The molecule has 4 rings (SSSR count). The molecule has 1 saturated carbocycles. The second-order valence-corrected chi connectivity index (χ2v) is 9.98. The van der Waals surface area contributed by atoms with E-state index in [0.717, 1.165) is 18.4 Å². The first kappa shape index (κ1) is 18.7. The Morgan fingerprint density at radius 2 is 1.41 bits per heavy atom. The van der Waals surface area contributed by atoms with Crippen molar-refractivity contribution in [1.29, 1.82) is 0 Å². The lowest BCUT2D eigenvalue weighted by Crippen LogP contribution is -2.30. The molecule has 27 heavy (non-hydrogen) atoms. The number of hydrogen-bond donors (Lipinski definition) is 0. The molecular weight excluding hydrogens is 354 g/mol. The Morgan fingerprint density at radius 1 is 0.778 bits per heavy atom. The van der Waals surface area contributed by atoms with Crippen LogP contribution in [0.3, 0.4) is 0 Å². The quantitative estimate of drug-likeness (QED) is 0.692. The fourth-order valence-electron chi connectivity index (χ4n) is 4.63. The zero-order valence-electron chi connectivity index (χ0n) is 16.1. The van der Waals surface area contributed by atoms with E-state index in [1.807, 2.05) is 24.3 Å². The molecule has 2 aromatic carbocycles. The molecule has 0 spiro atoms. The Bertz CT molecular complexity index is 866. The van der Waals surface area contributed by atoms with Gasteiger partial charge in [0, 0.05) is 6.54 Å². The summed E-state index contributed by atoms with van der Waals surface area (Å²) in [7, 11) is -3.46. The Hall–Kier alpha value is -1.65. The molecule has 3 nitrogen and oxygen atoms in total. The largest absolute Gasteiger partial charge is 0.243 e. The molecular formula is C23H29NO2S. The van der Waals surface area contributed by atoms with Crippen molar-refractivity contribution >= 4 is 10.0 Å². The molecule has 0 N–H and O–H groups in total. The van der Waals surface area contributed by atoms with E-state index in [1.165, 1.54) is 43.2 Å². The van der Waals surface area contributed by atoms with Gasteiger partial charge in [0.1, 0.15) is 0 Å². The van der Waals surface area contributed by atoms with Gasteiger partial charge in [0.2, 0.25) is 10.0 Å². The van der Waals surface area contributed by atoms with E-state index < -0.39 is 10.0 Å². The molecule has 1 saturated heterocycles. The summed E-state index contributed by atoms with van der Waals surface area (Å²) in [5.41, 5.74) is 3.59. The van der Waals surface area contributed by atoms with Crippen molar-refractivity contribution in [1.82, 2.24) is 4.31 Å². The van der Waals surface area contributed by atoms with Crippen LogP contribution >= 0.6 is 0 Å². The molecule has 1 aliphatic carbocycles. The summed E-state index contributed by atoms with van der Waals surface area (Å²) in [5, 5.41) is 0. The van der Waals surface area contributed by atoms with Gasteiger partial charge in [-0.1, -0.05) is 61.2 Å². The molecule has 0 bridgehead atoms. The average Bonchev–Trinajstić information content (AvgIpc) is 3.20. The molecule has 2 aliphatic rings. The van der Waals surface area contributed by atoms with Crippen LogP contribution in [0.5, 0.6) is 0 Å². The van der Waals surface area contributed by atoms with Gasteiger partial charge in [-0.05, 0) is 61.8 Å². The standard InChI is InChI=1S/C23H29NO2S/c1-18-9-11-21(12-10-18)23-8-5-17-24(23)27(25,26)22-15-13-20(14-16-22)19-6-3-2-4-7-19/h9-16,19,23H,2-8,17H2,1H3/t23-/m1/s1. The van der Waals surface area contributed by atoms with Crippen molar-refractivity contribution in [3.8, 4) is 0 Å². The lowest BCUT2D eigenvalue weighted by molar-refractivity contribution is 0.396. The predicted molar refractivity (Wildman–Crippen MR) is 109 cm³/mol. The first-order valence-corrected chi connectivity index (χ1v) is 11.7. The first-order valence-electron chi connectivity index (χ1n) is 10.2. The fraction of sp³-hybridized carbons (Fsp3) is 0.478. The van der Waals surface area contributed by atoms with Gasteiger partial charge in [0.05, 0.1) is 10.9 Å². The number of sulfonamides is 1. The van der Waals surface area contributed by atoms with E-state index >= 15 is 0 Å². The highest BCUT2D eigenvalue weighted by Crippen LogP contribution is 2.37. The van der Waals surface area contributed by atoms with E-state index in [0.29, 0.717) is 17.4 Å². The van der Waals surface area contributed by atoms with Crippen LogP contribution in [0.2, 0.25) is 0 Å². The number of nitrogens with zero attached hydrogens (tertiary/aromatic N) is 1. The SMILES string of the molecule is Cc1ccc([C@H]2CCCN2S(=O)(=O)c2ccc(C3CCCCC3)cc2)cc1. The highest BCUT2D eigenvalue weighted by molar-refractivity contribution is 7.89. The van der Waals surface area contributed by atoms with E-state index in [4.69, 9.17) is 0 Å². The first-order chi connectivity index (χ1) is 13.1. The van der Waals surface area contributed by atoms with Crippen molar-refractivity contribution in [3.63, 3.8) is 0 Å². The molecule has 1 atom stereocenters. The minimum Gasteiger partial charge on any atom is -0.207 e. The van der Waals surface area contributed by atoms with Crippen LogP contribution in [-0.4, -0.2) is 19.3 Å². The molecule has 0 amide bonds. The summed E-state index contributed by atoms with van der Waals surface area (Å²) in [6.07, 6.45) is 8.17. The molecule has 2 aromatic rings. The second-order valence-electron chi connectivity index (χ2n) is 8.09. The number of aryl methyl sites for hydroxylation is 1. The monoisotopic (exact) mass is 383 g/mol. The van der Waals surface area contributed by atoms with Crippen molar-refractivity contribution in [2.75, 3.05) is 6.54 Å². The van der Waals surface area contributed by atoms with Crippen LogP contribution in [0.1, 0.15) is 73.6 Å². The van der Waals surface area contributed by atoms with Gasteiger partial charge in [0.25, 0.3) is 0 Å². The maximum Gasteiger partial charge on any atom is 0.243 e. The van der Waals surface area contributed by atoms with Gasteiger partial charge >= 0.3 is 0 Å². The molecule has 0 unspecified atom stereocenters. The van der Waals surface area contributed by atoms with Crippen LogP contribution in [0, 0.1) is 6.92 Å². The molecule has 0 radical (unpaired) electrons. The summed E-state index contributed by atoms with van der Waals surface area (Å²) in [5.74, 6) is 0.600. The average molecular weight is 384 g/mol. The third kappa shape index (κ3) is 3.83. The van der Waals surface area contributed by atoms with E-state index in [2.05, 4.69) is 31.2 Å². The molecule has 4 heteroatoms. The van der Waals surface area contributed by atoms with E-state index in [-0.39, 0.29) is 6.04 Å². The lowest BCUT2D eigenvalue weighted by atomic mass is 9.84. The van der Waals surface area contributed by atoms with Crippen LogP contribution in [0.4, 0.5) is 0 Å². The van der Waals surface area contributed by atoms with Crippen LogP contribution in [0.15, 0.2) is 53.4 Å². The van der Waals surface area contributed by atoms with Gasteiger partial charge < -0.3 is 0 Å². The maximum atomic E-state index is 13.3. The minimum absolute atomic E-state index is 0.0476. The van der Waals surface area contributed by atoms with Crippen LogP contribution in [0.25, 0.3) is 0 Å². The van der Waals surface area contributed by atoms with E-state index in [9.17, 15) is 8.42 Å². The second kappa shape index (κ2) is 7.76. The van der Waals surface area contributed by atoms with Crippen LogP contribution < -0.4 is 0 Å². The summed E-state index contributed by atoms with van der Waals surface area (Å²) in [6, 6.07) is 16.0. The van der Waals surface area contributed by atoms with Crippen molar-refractivity contribution < 1.29 is 8.42 Å². The van der Waals surface area contributed by atoms with Gasteiger partial charge in [-0.2, -0.15) is 4.31 Å². The van der Waals surface area contributed by atoms with Crippen molar-refractivity contribution in [2.45, 2.75) is 68.7 Å². The van der Waals surface area contributed by atoms with Gasteiger partial charge in [0.15, 0.2) is 0 Å². The summed E-state index contributed by atoms with van der Waals surface area (Å²) >= 11 is 0. The Labute approximate surface area is 163 Å². The van der Waals surface area contributed by atoms with Crippen molar-refractivity contribution in [2.24, 2.45) is 0 Å². The van der Waals surface area contributed by atoms with Crippen LogP contribution in [-0.2, 0) is 10.0 Å². The van der Waals surface area contributed by atoms with E-state index in [1.54, 1.807) is 4.31 Å². The molecule has 0 aromatic heterocycles. The summed E-state index contributed by atoms with van der Waals surface area (Å²) < 4.78 is 28.3. The van der Waals surface area contributed by atoms with Gasteiger partial charge in [-0.15, -0.1) is 0 Å². The van der Waals surface area contributed by atoms with Gasteiger partial charge in [-0.25, -0.2) is 8.42 Å². The Morgan fingerprint density at radius 3 is 2.07 bits per heavy atom. The highest BCUT2D eigenvalue weighted by Gasteiger charge is 2.36. The zero-order valence-corrected chi connectivity index (χ0v) is 16.9. The highest BCUT2D eigenvalue weighted by atomic mass is 32.2. The Balaban J connectivity index is 1.57. The van der Waals surface area contributed by atoms with Crippen molar-refractivity contribution in [3.05, 3.63) is 65.2 Å². The Kier molecular flexibility index (Phi) is 5.38. The molecule has 1 aliphatic heterocycles. The molecule has 1 heterocycles. The normalized spacial score (nSPS) is 22.2. The smallest absolute Gasteiger partial charge is 0.207 e. The van der Waals surface area contributed by atoms with Gasteiger partial charge in [-0.3, -0.25) is 0 Å². The lowest BCUT2D eigenvalue weighted by Gasteiger charge is -2.25. The summed E-state index contributed by atoms with van der Waals surface area (Å²) in [4.78, 5) is 0.432. The number of hydrogen-bond acceptors (Lipinski definition) is 2. The topological polar surface area (TPSA) is 37.4 Å². The minimum atomic E-state index is -3.46. The molecule has 144 valence electrons. The molecule has 2 fully saturated rings. The third-order valence-corrected chi connectivity index (χ3v) is 8.15. The third-order valence-electron chi connectivity index (χ3n) is 6.23. The number of benzene rings is 2. The maximum absolute atomic E-state index is 13.3.